The monoisotopic (exact) mass is 868 g/mol. The predicted molar refractivity (Wildman–Crippen MR) is 291 cm³/mol. The molecule has 9 aromatic carbocycles. The maximum atomic E-state index is 2.57. The molecule has 0 fully saturated rings. The minimum absolute atomic E-state index is 0.614. The van der Waals surface area contributed by atoms with E-state index in [1.807, 2.05) is 0 Å². The molecule has 0 heterocycles. The maximum absolute atomic E-state index is 2.57. The van der Waals surface area contributed by atoms with E-state index < -0.39 is 0 Å². The number of hydrogen-bond donors (Lipinski definition) is 0. The highest BCUT2D eigenvalue weighted by Gasteiger charge is 2.26. The van der Waals surface area contributed by atoms with Crippen LogP contribution in [0.5, 0.6) is 0 Å². The Labute approximate surface area is 398 Å². The minimum atomic E-state index is 0.614. The van der Waals surface area contributed by atoms with E-state index in [-0.39, 0.29) is 0 Å². The van der Waals surface area contributed by atoms with Crippen LogP contribution < -0.4 is 20.9 Å². The topological polar surface area (TPSA) is 0 Å². The summed E-state index contributed by atoms with van der Waals surface area (Å²) in [6.45, 7) is 0. The molecule has 0 saturated carbocycles. The summed E-state index contributed by atoms with van der Waals surface area (Å²) in [5, 5.41) is 16.3. The number of allylic oxidation sites excluding steroid dienone is 7. The van der Waals surface area contributed by atoms with E-state index in [0.717, 1.165) is 44.9 Å². The third-order valence-electron chi connectivity index (χ3n) is 16.1. The van der Waals surface area contributed by atoms with E-state index in [9.17, 15) is 0 Å². The van der Waals surface area contributed by atoms with E-state index in [0.29, 0.717) is 5.92 Å². The highest BCUT2D eigenvalue weighted by atomic mass is 14.3. The van der Waals surface area contributed by atoms with Gasteiger partial charge in [-0.1, -0.05) is 200 Å². The molecule has 0 bridgehead atoms. The van der Waals surface area contributed by atoms with Crippen LogP contribution in [0.2, 0.25) is 0 Å². The second kappa shape index (κ2) is 16.1. The van der Waals surface area contributed by atoms with Crippen molar-refractivity contribution in [2.75, 3.05) is 0 Å². The second-order valence-electron chi connectivity index (χ2n) is 19.8. The molecule has 0 radical (unpaired) electrons. The van der Waals surface area contributed by atoms with Crippen LogP contribution in [-0.2, 0) is 6.42 Å². The summed E-state index contributed by atoms with van der Waals surface area (Å²) < 4.78 is 0. The van der Waals surface area contributed by atoms with E-state index in [1.54, 1.807) is 0 Å². The zero-order valence-electron chi connectivity index (χ0n) is 38.5. The van der Waals surface area contributed by atoms with Crippen molar-refractivity contribution in [2.24, 2.45) is 5.92 Å². The van der Waals surface area contributed by atoms with Gasteiger partial charge >= 0.3 is 0 Å². The molecule has 68 heavy (non-hydrogen) atoms. The van der Waals surface area contributed by atoms with Crippen molar-refractivity contribution in [1.29, 1.82) is 0 Å². The van der Waals surface area contributed by atoms with Crippen molar-refractivity contribution in [1.82, 2.24) is 0 Å². The van der Waals surface area contributed by atoms with Crippen molar-refractivity contribution in [3.8, 4) is 22.3 Å². The smallest absolute Gasteiger partial charge is 0.00201 e. The van der Waals surface area contributed by atoms with Crippen molar-refractivity contribution in [3.63, 3.8) is 0 Å². The molecular weight excluding hydrogens is 817 g/mol. The predicted octanol–water partition coefficient (Wildman–Crippen LogP) is 14.8. The number of hydrogen-bond acceptors (Lipinski definition) is 0. The van der Waals surface area contributed by atoms with Gasteiger partial charge in [0.05, 0.1) is 0 Å². The lowest BCUT2D eigenvalue weighted by molar-refractivity contribution is 0.573. The molecule has 0 nitrogen and oxygen atoms in total. The van der Waals surface area contributed by atoms with E-state index in [2.05, 4.69) is 200 Å². The quantitative estimate of drug-likeness (QED) is 0.151. The maximum Gasteiger partial charge on any atom is -0.00201 e. The molecule has 1 atom stereocenters. The summed E-state index contributed by atoms with van der Waals surface area (Å²) >= 11 is 0. The fourth-order valence-corrected chi connectivity index (χ4v) is 13.1. The molecular formula is C68H52. The lowest BCUT2D eigenvalue weighted by atomic mass is 9.76. The molecule has 0 aliphatic heterocycles. The average molecular weight is 869 g/mol. The molecule has 0 aromatic heterocycles. The Hall–Kier alpha value is -7.54. The normalized spacial score (nSPS) is 17.3. The van der Waals surface area contributed by atoms with Crippen molar-refractivity contribution in [3.05, 3.63) is 236 Å². The van der Waals surface area contributed by atoms with Crippen LogP contribution in [0.3, 0.4) is 0 Å². The lowest BCUT2D eigenvalue weighted by Gasteiger charge is -2.28. The van der Waals surface area contributed by atoms with E-state index in [1.165, 1.54) is 149 Å². The summed E-state index contributed by atoms with van der Waals surface area (Å²) in [7, 11) is 0. The molecule has 9 aromatic rings. The molecule has 0 heteroatoms. The fraction of sp³-hybridized carbons (Fsp3) is 0.147. The van der Waals surface area contributed by atoms with Crippen LogP contribution in [0.4, 0.5) is 0 Å². The molecule has 5 aliphatic rings. The van der Waals surface area contributed by atoms with Gasteiger partial charge in [0.2, 0.25) is 0 Å². The number of rotatable bonds is 5. The van der Waals surface area contributed by atoms with Gasteiger partial charge in [-0.25, -0.2) is 0 Å². The molecule has 5 aliphatic carbocycles. The third-order valence-corrected chi connectivity index (χ3v) is 16.1. The van der Waals surface area contributed by atoms with Crippen LogP contribution in [0.25, 0.3) is 100 Å². The van der Waals surface area contributed by atoms with Crippen LogP contribution in [0.15, 0.2) is 188 Å². The molecule has 0 saturated heterocycles. The summed E-state index contributed by atoms with van der Waals surface area (Å²) in [6, 6.07) is 58.2. The Morgan fingerprint density at radius 1 is 0.397 bits per heavy atom. The molecule has 0 amide bonds. The van der Waals surface area contributed by atoms with Crippen molar-refractivity contribution < 1.29 is 0 Å². The van der Waals surface area contributed by atoms with Gasteiger partial charge in [-0.3, -0.25) is 0 Å². The summed E-state index contributed by atoms with van der Waals surface area (Å²) in [6.07, 6.45) is 29.2. The Morgan fingerprint density at radius 3 is 1.68 bits per heavy atom. The van der Waals surface area contributed by atoms with Gasteiger partial charge in [-0.2, -0.15) is 0 Å². The Bertz CT molecular complexity index is 3990. The molecule has 1 unspecified atom stereocenters. The highest BCUT2D eigenvalue weighted by Crippen LogP contribution is 2.47. The molecule has 324 valence electrons. The van der Waals surface area contributed by atoms with E-state index >= 15 is 0 Å². The SMILES string of the molecule is C1=Cc2ccc(-c3c4ccccc4c(-c4ccc(C5=c6ccccc6=C(c6c7c(c(C8=CC=C9C=CCCC9C8)c8ccccc68)=CCCC=7)CC5)c5ccccc45)c4ccccc34)cc2CC1. The Kier molecular flexibility index (Phi) is 9.36. The fourth-order valence-electron chi connectivity index (χ4n) is 13.1. The minimum Gasteiger partial charge on any atom is -0.0842 e. The Balaban J connectivity index is 0.978. The summed E-state index contributed by atoms with van der Waals surface area (Å²) in [4.78, 5) is 0. The molecule has 0 spiro atoms. The van der Waals surface area contributed by atoms with Gasteiger partial charge in [0, 0.05) is 0 Å². The van der Waals surface area contributed by atoms with Gasteiger partial charge in [-0.15, -0.1) is 0 Å². The standard InChI is InChI=1S/C68H52/c1-3-19-45-41-47(35-33-43(45)17-1)65-55-25-9-13-29-59(55)67(60-30-14-10-26-56(60)65)63-39-37-53(49-21-5-7-23-51(49)63)54-38-40-64(52-24-8-6-22-50(52)54)68-61-31-15-11-27-57(61)66(58-28-12-16-32-62(58)68)48-36-34-44-18-2-4-20-46(44)42-48/h1-2,5-11,13-15,17-18,21-37,39,41,46H,3-4,12,16,19-20,38,40,42H2. The second-order valence-corrected chi connectivity index (χ2v) is 19.8. The van der Waals surface area contributed by atoms with Crippen LogP contribution in [0.1, 0.15) is 79.2 Å². The van der Waals surface area contributed by atoms with Crippen LogP contribution in [-0.4, -0.2) is 0 Å². The number of fused-ring (bicyclic) bond motifs is 8. The lowest BCUT2D eigenvalue weighted by Crippen LogP contribution is -2.38. The van der Waals surface area contributed by atoms with Gasteiger partial charge in [-0.05, 0) is 200 Å². The largest absolute Gasteiger partial charge is 0.0842 e. The summed E-state index contributed by atoms with van der Waals surface area (Å²) in [5.74, 6) is 0.614. The number of aryl methyl sites for hydroxylation is 1. The molecule has 14 rings (SSSR count). The Morgan fingerprint density at radius 2 is 0.956 bits per heavy atom. The first-order chi connectivity index (χ1) is 33.8. The van der Waals surface area contributed by atoms with Gasteiger partial charge in [0.15, 0.2) is 0 Å². The highest BCUT2D eigenvalue weighted by molar-refractivity contribution is 6.24. The zero-order chi connectivity index (χ0) is 44.7. The first-order valence-corrected chi connectivity index (χ1v) is 25.2. The third kappa shape index (κ3) is 6.20. The summed E-state index contributed by atoms with van der Waals surface area (Å²) in [5.41, 5.74) is 18.2. The first kappa shape index (κ1) is 39.6. The zero-order valence-corrected chi connectivity index (χ0v) is 38.5. The van der Waals surface area contributed by atoms with Crippen molar-refractivity contribution >= 4 is 78.0 Å². The van der Waals surface area contributed by atoms with Gasteiger partial charge < -0.3 is 0 Å². The van der Waals surface area contributed by atoms with Gasteiger partial charge in [0.1, 0.15) is 0 Å². The first-order valence-electron chi connectivity index (χ1n) is 25.2. The number of benzene rings is 9. The van der Waals surface area contributed by atoms with Gasteiger partial charge in [0.25, 0.3) is 0 Å². The average Bonchev–Trinajstić information content (AvgIpc) is 3.41. The van der Waals surface area contributed by atoms with Crippen LogP contribution in [0, 0.1) is 5.92 Å². The molecule has 0 N–H and O–H groups in total. The van der Waals surface area contributed by atoms with E-state index in [4.69, 9.17) is 0 Å². The van der Waals surface area contributed by atoms with Crippen molar-refractivity contribution in [2.45, 2.75) is 57.8 Å². The van der Waals surface area contributed by atoms with Crippen LogP contribution >= 0.6 is 0 Å².